The summed E-state index contributed by atoms with van der Waals surface area (Å²) in [5.74, 6) is 0.347. The lowest BCUT2D eigenvalue weighted by molar-refractivity contribution is -0.126. The molecular weight excluding hydrogens is 379 g/mol. The Morgan fingerprint density at radius 1 is 0.926 bits per heavy atom. The highest BCUT2D eigenvalue weighted by molar-refractivity contribution is 6.30. The molecule has 0 saturated carbocycles. The molecule has 1 fully saturated rings. The van der Waals surface area contributed by atoms with Gasteiger partial charge < -0.3 is 5.32 Å². The zero-order valence-corrected chi connectivity index (χ0v) is 17.0. The number of nitrogens with one attached hydrogen (secondary N) is 1. The Hall–Kier alpha value is -1.55. The zero-order valence-electron chi connectivity index (χ0n) is 15.5. The van der Waals surface area contributed by atoms with Crippen molar-refractivity contribution in [1.29, 1.82) is 0 Å². The fraction of sp³-hybridized carbons (Fsp3) is 0.409. The quantitative estimate of drug-likeness (QED) is 0.661. The van der Waals surface area contributed by atoms with Crippen LogP contribution in [0.4, 0.5) is 0 Å². The Morgan fingerprint density at radius 2 is 1.48 bits per heavy atom. The zero-order chi connectivity index (χ0) is 19.1. The number of rotatable bonds is 7. The molecular formula is C22H26Cl2N2O. The van der Waals surface area contributed by atoms with Crippen LogP contribution in [0.2, 0.25) is 10.0 Å². The van der Waals surface area contributed by atoms with Crippen LogP contribution in [0.15, 0.2) is 48.5 Å². The maximum atomic E-state index is 12.4. The van der Waals surface area contributed by atoms with E-state index in [0.717, 1.165) is 61.9 Å². The SMILES string of the molecule is O=C(NCCCc1ccc(Cl)cc1)C1CCN(Cc2ccc(Cl)cc2)CC1. The molecule has 3 nitrogen and oxygen atoms in total. The van der Waals surface area contributed by atoms with E-state index in [9.17, 15) is 4.79 Å². The fourth-order valence-electron chi connectivity index (χ4n) is 3.50. The molecule has 0 aromatic heterocycles. The van der Waals surface area contributed by atoms with Gasteiger partial charge in [-0.3, -0.25) is 9.69 Å². The van der Waals surface area contributed by atoms with E-state index in [2.05, 4.69) is 22.3 Å². The third-order valence-corrected chi connectivity index (χ3v) is 5.64. The van der Waals surface area contributed by atoms with Gasteiger partial charge in [0, 0.05) is 29.1 Å². The lowest BCUT2D eigenvalue weighted by Crippen LogP contribution is -2.40. The highest BCUT2D eigenvalue weighted by atomic mass is 35.5. The van der Waals surface area contributed by atoms with E-state index in [0.29, 0.717) is 0 Å². The topological polar surface area (TPSA) is 32.3 Å². The number of halogens is 2. The summed E-state index contributed by atoms with van der Waals surface area (Å²) in [6.45, 7) is 3.58. The van der Waals surface area contributed by atoms with Gasteiger partial charge in [-0.2, -0.15) is 0 Å². The van der Waals surface area contributed by atoms with E-state index < -0.39 is 0 Å². The first kappa shape index (κ1) is 20.2. The number of carbonyl (C=O) groups is 1. The number of piperidine rings is 1. The first-order valence-electron chi connectivity index (χ1n) is 9.59. The summed E-state index contributed by atoms with van der Waals surface area (Å²) in [6, 6.07) is 15.9. The Bertz CT molecular complexity index is 723. The van der Waals surface area contributed by atoms with Crippen molar-refractivity contribution >= 4 is 29.1 Å². The van der Waals surface area contributed by atoms with Crippen molar-refractivity contribution in [2.24, 2.45) is 5.92 Å². The van der Waals surface area contributed by atoms with Crippen LogP contribution in [0, 0.1) is 5.92 Å². The molecule has 27 heavy (non-hydrogen) atoms. The lowest BCUT2D eigenvalue weighted by atomic mass is 9.95. The number of hydrogen-bond donors (Lipinski definition) is 1. The highest BCUT2D eigenvalue weighted by Crippen LogP contribution is 2.20. The number of hydrogen-bond acceptors (Lipinski definition) is 2. The molecule has 0 aliphatic carbocycles. The molecule has 0 atom stereocenters. The largest absolute Gasteiger partial charge is 0.356 e. The third kappa shape index (κ3) is 6.53. The van der Waals surface area contributed by atoms with Crippen molar-refractivity contribution in [1.82, 2.24) is 10.2 Å². The first-order valence-corrected chi connectivity index (χ1v) is 10.3. The number of likely N-dealkylation sites (tertiary alicyclic amines) is 1. The molecule has 1 aliphatic heterocycles. The summed E-state index contributed by atoms with van der Waals surface area (Å²) in [6.07, 6.45) is 3.76. The van der Waals surface area contributed by atoms with E-state index in [4.69, 9.17) is 23.2 Å². The maximum Gasteiger partial charge on any atom is 0.223 e. The standard InChI is InChI=1S/C22H26Cl2N2O/c23-20-7-3-17(4-8-20)2-1-13-25-22(27)19-11-14-26(15-12-19)16-18-5-9-21(24)10-6-18/h3-10,19H,1-2,11-16H2,(H,25,27). The van der Waals surface area contributed by atoms with Gasteiger partial charge in [0.2, 0.25) is 5.91 Å². The van der Waals surface area contributed by atoms with Crippen LogP contribution in [0.5, 0.6) is 0 Å². The lowest BCUT2D eigenvalue weighted by Gasteiger charge is -2.31. The second-order valence-electron chi connectivity index (χ2n) is 7.20. The number of nitrogens with zero attached hydrogens (tertiary/aromatic N) is 1. The van der Waals surface area contributed by atoms with Crippen molar-refractivity contribution in [2.75, 3.05) is 19.6 Å². The predicted octanol–water partition coefficient (Wildman–Crippen LogP) is 4.95. The maximum absolute atomic E-state index is 12.4. The van der Waals surface area contributed by atoms with Gasteiger partial charge in [0.1, 0.15) is 0 Å². The molecule has 144 valence electrons. The van der Waals surface area contributed by atoms with E-state index in [1.54, 1.807) is 0 Å². The van der Waals surface area contributed by atoms with Gasteiger partial charge in [-0.15, -0.1) is 0 Å². The van der Waals surface area contributed by atoms with E-state index >= 15 is 0 Å². The van der Waals surface area contributed by atoms with Crippen LogP contribution in [-0.2, 0) is 17.8 Å². The Morgan fingerprint density at radius 3 is 2.07 bits per heavy atom. The van der Waals surface area contributed by atoms with Gasteiger partial charge in [-0.1, -0.05) is 47.5 Å². The first-order chi connectivity index (χ1) is 13.1. The molecule has 2 aromatic rings. The average Bonchev–Trinajstić information content (AvgIpc) is 2.69. The van der Waals surface area contributed by atoms with Crippen molar-refractivity contribution in [2.45, 2.75) is 32.2 Å². The smallest absolute Gasteiger partial charge is 0.223 e. The number of amides is 1. The van der Waals surface area contributed by atoms with Gasteiger partial charge in [0.05, 0.1) is 0 Å². The minimum atomic E-state index is 0.141. The fourth-order valence-corrected chi connectivity index (χ4v) is 3.75. The monoisotopic (exact) mass is 404 g/mol. The van der Waals surface area contributed by atoms with Gasteiger partial charge in [0.25, 0.3) is 0 Å². The molecule has 5 heteroatoms. The second kappa shape index (κ2) is 10.1. The molecule has 2 aromatic carbocycles. The van der Waals surface area contributed by atoms with Crippen LogP contribution in [0.3, 0.4) is 0 Å². The molecule has 0 radical (unpaired) electrons. The minimum Gasteiger partial charge on any atom is -0.356 e. The van der Waals surface area contributed by atoms with Crippen molar-refractivity contribution in [3.63, 3.8) is 0 Å². The van der Waals surface area contributed by atoms with E-state index in [1.807, 2.05) is 36.4 Å². The number of benzene rings is 2. The summed E-state index contributed by atoms with van der Waals surface area (Å²) < 4.78 is 0. The molecule has 1 N–H and O–H groups in total. The van der Waals surface area contributed by atoms with Gasteiger partial charge in [-0.25, -0.2) is 0 Å². The molecule has 1 saturated heterocycles. The third-order valence-electron chi connectivity index (χ3n) is 5.13. The molecule has 1 amide bonds. The van der Waals surface area contributed by atoms with Crippen LogP contribution in [-0.4, -0.2) is 30.4 Å². The molecule has 0 unspecified atom stereocenters. The van der Waals surface area contributed by atoms with E-state index in [-0.39, 0.29) is 11.8 Å². The summed E-state index contributed by atoms with van der Waals surface area (Å²) in [4.78, 5) is 14.8. The van der Waals surface area contributed by atoms with Gasteiger partial charge in [0.15, 0.2) is 0 Å². The van der Waals surface area contributed by atoms with Crippen LogP contribution in [0.1, 0.15) is 30.4 Å². The van der Waals surface area contributed by atoms with Crippen LogP contribution < -0.4 is 5.32 Å². The van der Waals surface area contributed by atoms with E-state index in [1.165, 1.54) is 11.1 Å². The summed E-state index contributed by atoms with van der Waals surface area (Å²) in [7, 11) is 0. The Labute approximate surface area is 171 Å². The number of carbonyl (C=O) groups excluding carboxylic acids is 1. The molecule has 1 heterocycles. The molecule has 0 spiro atoms. The summed E-state index contributed by atoms with van der Waals surface area (Å²) in [5.41, 5.74) is 2.52. The highest BCUT2D eigenvalue weighted by Gasteiger charge is 2.24. The Balaban J connectivity index is 1.33. The number of aryl methyl sites for hydroxylation is 1. The van der Waals surface area contributed by atoms with Gasteiger partial charge >= 0.3 is 0 Å². The molecule has 1 aliphatic rings. The second-order valence-corrected chi connectivity index (χ2v) is 8.07. The summed E-state index contributed by atoms with van der Waals surface area (Å²) in [5, 5.41) is 4.63. The van der Waals surface area contributed by atoms with Crippen LogP contribution in [0.25, 0.3) is 0 Å². The minimum absolute atomic E-state index is 0.141. The Kier molecular flexibility index (Phi) is 7.57. The van der Waals surface area contributed by atoms with Gasteiger partial charge in [-0.05, 0) is 74.2 Å². The summed E-state index contributed by atoms with van der Waals surface area (Å²) >= 11 is 11.8. The average molecular weight is 405 g/mol. The van der Waals surface area contributed by atoms with Crippen molar-refractivity contribution in [3.05, 3.63) is 69.7 Å². The van der Waals surface area contributed by atoms with Crippen LogP contribution >= 0.6 is 23.2 Å². The van der Waals surface area contributed by atoms with Crippen molar-refractivity contribution in [3.8, 4) is 0 Å². The normalized spacial score (nSPS) is 15.6. The molecule has 0 bridgehead atoms. The molecule has 3 rings (SSSR count). The van der Waals surface area contributed by atoms with Crippen molar-refractivity contribution < 1.29 is 4.79 Å². The predicted molar refractivity (Wildman–Crippen MR) is 112 cm³/mol.